The summed E-state index contributed by atoms with van der Waals surface area (Å²) in [5.41, 5.74) is 0.884. The lowest BCUT2D eigenvalue weighted by atomic mass is 9.96. The number of methoxy groups -OCH3 is 1. The summed E-state index contributed by atoms with van der Waals surface area (Å²) < 4.78 is 9.41. The summed E-state index contributed by atoms with van der Waals surface area (Å²) in [4.78, 5) is 34.7. The van der Waals surface area contributed by atoms with Gasteiger partial charge in [0.1, 0.15) is 18.3 Å². The first-order valence-corrected chi connectivity index (χ1v) is 6.42. The molecule has 0 saturated heterocycles. The molecule has 1 rings (SSSR count). The maximum absolute atomic E-state index is 12.0. The molecule has 5 nitrogen and oxygen atoms in total. The molecule has 1 atom stereocenters. The van der Waals surface area contributed by atoms with Gasteiger partial charge in [-0.3, -0.25) is 9.59 Å². The van der Waals surface area contributed by atoms with Crippen molar-refractivity contribution in [2.75, 3.05) is 13.7 Å². The Morgan fingerprint density at radius 2 is 1.81 bits per heavy atom. The summed E-state index contributed by atoms with van der Waals surface area (Å²) in [7, 11) is 1.21. The van der Waals surface area contributed by atoms with Crippen LogP contribution in [0.5, 0.6) is 0 Å². The molecule has 1 aromatic carbocycles. The molecule has 0 bridgehead atoms. The van der Waals surface area contributed by atoms with E-state index in [1.807, 2.05) is 30.3 Å². The molecule has 1 unspecified atom stereocenters. The fourth-order valence-electron chi connectivity index (χ4n) is 1.70. The molecule has 0 aromatic heterocycles. The van der Waals surface area contributed by atoms with Crippen LogP contribution in [-0.2, 0) is 30.3 Å². The van der Waals surface area contributed by atoms with E-state index in [9.17, 15) is 14.4 Å². The lowest BCUT2D eigenvalue weighted by Gasteiger charge is -2.13. The number of rotatable bonds is 7. The Kier molecular flexibility index (Phi) is 6.33. The number of ketones is 1. The molecule has 0 fully saturated rings. The van der Waals surface area contributed by atoms with Crippen LogP contribution in [0.2, 0.25) is 0 Å². The molecule has 0 N–H and O–H groups in total. The van der Waals surface area contributed by atoms with E-state index in [0.29, 0.717) is 0 Å². The third-order valence-corrected chi connectivity index (χ3v) is 2.92. The number of hydrogen-bond acceptors (Lipinski definition) is 5. The first-order valence-electron chi connectivity index (χ1n) is 6.42. The zero-order chi connectivity index (χ0) is 15.8. The molecule has 21 heavy (non-hydrogen) atoms. The van der Waals surface area contributed by atoms with Gasteiger partial charge in [0.25, 0.3) is 0 Å². The van der Waals surface area contributed by atoms with Crippen molar-refractivity contribution in [3.05, 3.63) is 48.0 Å². The standard InChI is InChI=1S/C16H18O5/c1-11(15(18)20-3)10-21-16(19)14(12(2)17)9-13-7-5-4-6-8-13/h4-8,14H,1,9-10H2,2-3H3. The first kappa shape index (κ1) is 16.6. The van der Waals surface area contributed by atoms with Crippen LogP contribution in [0.15, 0.2) is 42.5 Å². The number of esters is 2. The summed E-state index contributed by atoms with van der Waals surface area (Å²) in [6, 6.07) is 9.17. The number of benzene rings is 1. The van der Waals surface area contributed by atoms with Crippen LogP contribution in [-0.4, -0.2) is 31.4 Å². The zero-order valence-corrected chi connectivity index (χ0v) is 12.1. The topological polar surface area (TPSA) is 69.7 Å². The van der Waals surface area contributed by atoms with Crippen LogP contribution in [0, 0.1) is 5.92 Å². The van der Waals surface area contributed by atoms with Gasteiger partial charge in [0.2, 0.25) is 0 Å². The van der Waals surface area contributed by atoms with E-state index >= 15 is 0 Å². The molecule has 0 spiro atoms. The SMILES string of the molecule is C=C(COC(=O)C(Cc1ccccc1)C(C)=O)C(=O)OC. The Bertz CT molecular complexity index is 533. The van der Waals surface area contributed by atoms with E-state index in [0.717, 1.165) is 5.56 Å². The van der Waals surface area contributed by atoms with E-state index in [1.165, 1.54) is 14.0 Å². The van der Waals surface area contributed by atoms with Crippen molar-refractivity contribution >= 4 is 17.7 Å². The molecule has 0 heterocycles. The second-order valence-electron chi connectivity index (χ2n) is 4.56. The number of carbonyl (C=O) groups is 3. The average molecular weight is 290 g/mol. The largest absolute Gasteiger partial charge is 0.466 e. The Labute approximate surface area is 123 Å². The molecule has 0 radical (unpaired) electrons. The van der Waals surface area contributed by atoms with E-state index < -0.39 is 17.9 Å². The Hall–Kier alpha value is -2.43. The molecule has 1 aromatic rings. The molecule has 0 aliphatic heterocycles. The van der Waals surface area contributed by atoms with Crippen LogP contribution in [0.3, 0.4) is 0 Å². The molecular weight excluding hydrogens is 272 g/mol. The van der Waals surface area contributed by atoms with Crippen molar-refractivity contribution in [1.29, 1.82) is 0 Å². The van der Waals surface area contributed by atoms with Gasteiger partial charge in [-0.15, -0.1) is 0 Å². The van der Waals surface area contributed by atoms with Crippen molar-refractivity contribution in [2.45, 2.75) is 13.3 Å². The lowest BCUT2D eigenvalue weighted by Crippen LogP contribution is -2.27. The van der Waals surface area contributed by atoms with Gasteiger partial charge in [0, 0.05) is 0 Å². The highest BCUT2D eigenvalue weighted by Crippen LogP contribution is 2.12. The second kappa shape index (κ2) is 7.99. The third kappa shape index (κ3) is 5.22. The van der Waals surface area contributed by atoms with Crippen LogP contribution in [0.1, 0.15) is 12.5 Å². The average Bonchev–Trinajstić information content (AvgIpc) is 2.49. The minimum Gasteiger partial charge on any atom is -0.466 e. The normalized spacial score (nSPS) is 11.3. The van der Waals surface area contributed by atoms with Crippen molar-refractivity contribution in [3.63, 3.8) is 0 Å². The van der Waals surface area contributed by atoms with Gasteiger partial charge in [-0.2, -0.15) is 0 Å². The summed E-state index contributed by atoms with van der Waals surface area (Å²) in [6.45, 7) is 4.50. The predicted octanol–water partition coefficient (Wildman–Crippen LogP) is 1.71. The minimum absolute atomic E-state index is 0.0212. The fraction of sp³-hybridized carbons (Fsp3) is 0.312. The van der Waals surface area contributed by atoms with Gasteiger partial charge in [0.15, 0.2) is 0 Å². The summed E-state index contributed by atoms with van der Waals surface area (Å²) in [5.74, 6) is -2.49. The second-order valence-corrected chi connectivity index (χ2v) is 4.56. The number of hydrogen-bond donors (Lipinski definition) is 0. The summed E-state index contributed by atoms with van der Waals surface area (Å²) in [5, 5.41) is 0. The van der Waals surface area contributed by atoms with Gasteiger partial charge >= 0.3 is 11.9 Å². The smallest absolute Gasteiger partial charge is 0.336 e. The summed E-state index contributed by atoms with van der Waals surface area (Å²) >= 11 is 0. The third-order valence-electron chi connectivity index (χ3n) is 2.92. The Balaban J connectivity index is 2.64. The van der Waals surface area contributed by atoms with Crippen LogP contribution in [0.4, 0.5) is 0 Å². The predicted molar refractivity (Wildman–Crippen MR) is 76.4 cm³/mol. The van der Waals surface area contributed by atoms with Crippen molar-refractivity contribution < 1.29 is 23.9 Å². The van der Waals surface area contributed by atoms with E-state index in [-0.39, 0.29) is 24.4 Å². The number of carbonyl (C=O) groups excluding carboxylic acids is 3. The maximum atomic E-state index is 12.0. The van der Waals surface area contributed by atoms with Crippen molar-refractivity contribution in [3.8, 4) is 0 Å². The van der Waals surface area contributed by atoms with Gasteiger partial charge in [-0.25, -0.2) is 4.79 Å². The number of Topliss-reactive ketones (excluding diaryl/α,β-unsaturated/α-hetero) is 1. The quantitative estimate of drug-likeness (QED) is 0.434. The van der Waals surface area contributed by atoms with Gasteiger partial charge in [-0.1, -0.05) is 36.9 Å². The molecule has 112 valence electrons. The monoisotopic (exact) mass is 290 g/mol. The van der Waals surface area contributed by atoms with Crippen LogP contribution in [0.25, 0.3) is 0 Å². The number of ether oxygens (including phenoxy) is 2. The maximum Gasteiger partial charge on any atom is 0.336 e. The van der Waals surface area contributed by atoms with E-state index in [4.69, 9.17) is 4.74 Å². The lowest BCUT2D eigenvalue weighted by molar-refractivity contribution is -0.151. The highest BCUT2D eigenvalue weighted by atomic mass is 16.5. The molecule has 0 saturated carbocycles. The van der Waals surface area contributed by atoms with Gasteiger partial charge < -0.3 is 9.47 Å². The summed E-state index contributed by atoms with van der Waals surface area (Å²) in [6.07, 6.45) is 0.264. The molecule has 5 heteroatoms. The van der Waals surface area contributed by atoms with E-state index in [1.54, 1.807) is 0 Å². The van der Waals surface area contributed by atoms with Crippen LogP contribution >= 0.6 is 0 Å². The molecule has 0 aliphatic rings. The Morgan fingerprint density at radius 1 is 1.19 bits per heavy atom. The van der Waals surface area contributed by atoms with Gasteiger partial charge in [0.05, 0.1) is 12.7 Å². The fourth-order valence-corrected chi connectivity index (χ4v) is 1.70. The zero-order valence-electron chi connectivity index (χ0n) is 12.1. The molecule has 0 amide bonds. The van der Waals surface area contributed by atoms with Gasteiger partial charge in [-0.05, 0) is 18.9 Å². The molecule has 0 aliphatic carbocycles. The van der Waals surface area contributed by atoms with Crippen molar-refractivity contribution in [1.82, 2.24) is 0 Å². The highest BCUT2D eigenvalue weighted by molar-refractivity contribution is 5.98. The Morgan fingerprint density at radius 3 is 2.33 bits per heavy atom. The van der Waals surface area contributed by atoms with Crippen molar-refractivity contribution in [2.24, 2.45) is 5.92 Å². The van der Waals surface area contributed by atoms with E-state index in [2.05, 4.69) is 11.3 Å². The highest BCUT2D eigenvalue weighted by Gasteiger charge is 2.25. The minimum atomic E-state index is -0.891. The first-order chi connectivity index (χ1) is 9.95. The van der Waals surface area contributed by atoms with Crippen LogP contribution < -0.4 is 0 Å². The molecular formula is C16H18O5.